The van der Waals surface area contributed by atoms with Crippen LogP contribution in [0.3, 0.4) is 0 Å². The van der Waals surface area contributed by atoms with E-state index in [0.29, 0.717) is 5.54 Å². The van der Waals surface area contributed by atoms with Gasteiger partial charge < -0.3 is 5.32 Å². The molecule has 1 saturated carbocycles. The second-order valence-electron chi connectivity index (χ2n) is 5.38. The molecule has 0 spiro atoms. The van der Waals surface area contributed by atoms with Crippen molar-refractivity contribution < 1.29 is 0 Å². The first kappa shape index (κ1) is 10.4. The summed E-state index contributed by atoms with van der Waals surface area (Å²) in [5.74, 6) is 0.961. The Kier molecular flexibility index (Phi) is 2.85. The molecule has 2 aliphatic rings. The van der Waals surface area contributed by atoms with Crippen LogP contribution in [0.5, 0.6) is 0 Å². The van der Waals surface area contributed by atoms with Crippen molar-refractivity contribution in [1.82, 2.24) is 10.2 Å². The van der Waals surface area contributed by atoms with E-state index in [1.807, 2.05) is 0 Å². The summed E-state index contributed by atoms with van der Waals surface area (Å²) in [6, 6.07) is 0.733. The molecule has 0 amide bonds. The minimum Gasteiger partial charge on any atom is -0.311 e. The molecule has 0 aromatic rings. The Hall–Kier alpha value is -0.0800. The number of piperazine rings is 1. The molecular weight excluding hydrogens is 172 g/mol. The molecule has 2 rings (SSSR count). The normalized spacial score (nSPS) is 40.1. The van der Waals surface area contributed by atoms with Gasteiger partial charge in [0.25, 0.3) is 0 Å². The Morgan fingerprint density at radius 1 is 1.43 bits per heavy atom. The average molecular weight is 196 g/mol. The summed E-state index contributed by atoms with van der Waals surface area (Å²) >= 11 is 0. The lowest BCUT2D eigenvalue weighted by Gasteiger charge is -2.47. The predicted octanol–water partition coefficient (Wildman–Crippen LogP) is 1.86. The monoisotopic (exact) mass is 196 g/mol. The summed E-state index contributed by atoms with van der Waals surface area (Å²) in [7, 11) is 2.31. The first-order valence-electron chi connectivity index (χ1n) is 6.11. The molecule has 0 aromatic heterocycles. The van der Waals surface area contributed by atoms with Gasteiger partial charge in [-0.1, -0.05) is 13.3 Å². The molecule has 14 heavy (non-hydrogen) atoms. The third-order valence-electron chi connectivity index (χ3n) is 4.21. The number of hydrogen-bond donors (Lipinski definition) is 1. The summed E-state index contributed by atoms with van der Waals surface area (Å²) in [6.45, 7) is 7.13. The molecule has 1 N–H and O–H groups in total. The van der Waals surface area contributed by atoms with E-state index >= 15 is 0 Å². The van der Waals surface area contributed by atoms with Crippen molar-refractivity contribution in [2.75, 3.05) is 20.1 Å². The van der Waals surface area contributed by atoms with Gasteiger partial charge in [-0.05, 0) is 39.2 Å². The van der Waals surface area contributed by atoms with Gasteiger partial charge in [-0.15, -0.1) is 0 Å². The van der Waals surface area contributed by atoms with Crippen LogP contribution in [-0.4, -0.2) is 36.6 Å². The Bertz CT molecular complexity index is 200. The van der Waals surface area contributed by atoms with Crippen LogP contribution in [0.1, 0.15) is 39.5 Å². The molecule has 2 nitrogen and oxygen atoms in total. The van der Waals surface area contributed by atoms with Gasteiger partial charge in [-0.3, -0.25) is 4.90 Å². The molecule has 1 heterocycles. The SMILES string of the molecule is CCCC1CN(C)C(C)(C2CC2)CN1. The Balaban J connectivity index is 1.92. The third kappa shape index (κ3) is 1.82. The number of nitrogens with zero attached hydrogens (tertiary/aromatic N) is 1. The highest BCUT2D eigenvalue weighted by atomic mass is 15.3. The van der Waals surface area contributed by atoms with E-state index in [0.717, 1.165) is 12.0 Å². The van der Waals surface area contributed by atoms with Gasteiger partial charge >= 0.3 is 0 Å². The van der Waals surface area contributed by atoms with Crippen molar-refractivity contribution in [1.29, 1.82) is 0 Å². The van der Waals surface area contributed by atoms with Crippen LogP contribution >= 0.6 is 0 Å². The van der Waals surface area contributed by atoms with Crippen LogP contribution in [0, 0.1) is 5.92 Å². The van der Waals surface area contributed by atoms with E-state index in [-0.39, 0.29) is 0 Å². The van der Waals surface area contributed by atoms with Gasteiger partial charge in [-0.2, -0.15) is 0 Å². The summed E-state index contributed by atoms with van der Waals surface area (Å²) in [5.41, 5.74) is 0.449. The topological polar surface area (TPSA) is 15.3 Å². The van der Waals surface area contributed by atoms with E-state index in [2.05, 4.69) is 31.1 Å². The van der Waals surface area contributed by atoms with Crippen LogP contribution in [0.4, 0.5) is 0 Å². The van der Waals surface area contributed by atoms with Gasteiger partial charge in [0, 0.05) is 24.7 Å². The van der Waals surface area contributed by atoms with E-state index in [4.69, 9.17) is 0 Å². The molecule has 0 bridgehead atoms. The minimum atomic E-state index is 0.449. The molecule has 0 radical (unpaired) electrons. The lowest BCUT2D eigenvalue weighted by atomic mass is 9.89. The lowest BCUT2D eigenvalue weighted by molar-refractivity contribution is 0.0581. The molecule has 2 atom stereocenters. The van der Waals surface area contributed by atoms with Gasteiger partial charge in [0.05, 0.1) is 0 Å². The maximum absolute atomic E-state index is 3.72. The fourth-order valence-corrected chi connectivity index (χ4v) is 2.79. The Morgan fingerprint density at radius 3 is 2.64 bits per heavy atom. The number of rotatable bonds is 3. The largest absolute Gasteiger partial charge is 0.311 e. The highest BCUT2D eigenvalue weighted by molar-refractivity contribution is 5.03. The average Bonchev–Trinajstić information content (AvgIpc) is 2.95. The number of hydrogen-bond acceptors (Lipinski definition) is 2. The second-order valence-corrected chi connectivity index (χ2v) is 5.38. The zero-order valence-corrected chi connectivity index (χ0v) is 9.84. The first-order valence-corrected chi connectivity index (χ1v) is 6.11. The molecule has 1 aliphatic carbocycles. The van der Waals surface area contributed by atoms with E-state index in [9.17, 15) is 0 Å². The third-order valence-corrected chi connectivity index (χ3v) is 4.21. The van der Waals surface area contributed by atoms with Crippen LogP contribution in [-0.2, 0) is 0 Å². The van der Waals surface area contributed by atoms with Gasteiger partial charge in [0.1, 0.15) is 0 Å². The van der Waals surface area contributed by atoms with Crippen LogP contribution < -0.4 is 5.32 Å². The predicted molar refractivity (Wildman–Crippen MR) is 60.5 cm³/mol. The van der Waals surface area contributed by atoms with Gasteiger partial charge in [-0.25, -0.2) is 0 Å². The quantitative estimate of drug-likeness (QED) is 0.741. The summed E-state index contributed by atoms with van der Waals surface area (Å²) in [4.78, 5) is 2.60. The molecule has 2 fully saturated rings. The lowest BCUT2D eigenvalue weighted by Crippen LogP contribution is -2.62. The molecule has 82 valence electrons. The summed E-state index contributed by atoms with van der Waals surface area (Å²) < 4.78 is 0. The van der Waals surface area contributed by atoms with Crippen molar-refractivity contribution in [2.24, 2.45) is 5.92 Å². The molecule has 1 aliphatic heterocycles. The fourth-order valence-electron chi connectivity index (χ4n) is 2.79. The van der Waals surface area contributed by atoms with Crippen molar-refractivity contribution in [3.63, 3.8) is 0 Å². The minimum absolute atomic E-state index is 0.449. The smallest absolute Gasteiger partial charge is 0.0331 e. The highest BCUT2D eigenvalue weighted by Gasteiger charge is 2.46. The fraction of sp³-hybridized carbons (Fsp3) is 1.00. The zero-order valence-electron chi connectivity index (χ0n) is 9.84. The van der Waals surface area contributed by atoms with Crippen LogP contribution in [0.2, 0.25) is 0 Å². The molecular formula is C12H24N2. The molecule has 0 aromatic carbocycles. The van der Waals surface area contributed by atoms with E-state index < -0.39 is 0 Å². The zero-order chi connectivity index (χ0) is 10.2. The summed E-state index contributed by atoms with van der Waals surface area (Å²) in [6.07, 6.45) is 5.51. The Labute approximate surface area is 88.1 Å². The van der Waals surface area contributed by atoms with Crippen LogP contribution in [0.25, 0.3) is 0 Å². The summed E-state index contributed by atoms with van der Waals surface area (Å²) in [5, 5.41) is 3.72. The first-order chi connectivity index (χ1) is 6.66. The number of nitrogens with one attached hydrogen (secondary N) is 1. The molecule has 1 saturated heterocycles. The van der Waals surface area contributed by atoms with Crippen molar-refractivity contribution in [3.8, 4) is 0 Å². The second kappa shape index (κ2) is 3.82. The van der Waals surface area contributed by atoms with Gasteiger partial charge in [0.2, 0.25) is 0 Å². The van der Waals surface area contributed by atoms with Crippen molar-refractivity contribution in [3.05, 3.63) is 0 Å². The molecule has 2 unspecified atom stereocenters. The van der Waals surface area contributed by atoms with Crippen molar-refractivity contribution in [2.45, 2.75) is 51.1 Å². The van der Waals surface area contributed by atoms with E-state index in [1.165, 1.54) is 38.8 Å². The maximum atomic E-state index is 3.72. The standard InChI is InChI=1S/C12H24N2/c1-4-5-11-8-14(3)12(2,9-13-11)10-6-7-10/h10-11,13H,4-9H2,1-3H3. The van der Waals surface area contributed by atoms with E-state index in [1.54, 1.807) is 0 Å². The van der Waals surface area contributed by atoms with Crippen molar-refractivity contribution >= 4 is 0 Å². The maximum Gasteiger partial charge on any atom is 0.0331 e. The van der Waals surface area contributed by atoms with Crippen LogP contribution in [0.15, 0.2) is 0 Å². The van der Waals surface area contributed by atoms with Gasteiger partial charge in [0.15, 0.2) is 0 Å². The highest BCUT2D eigenvalue weighted by Crippen LogP contribution is 2.43. The Morgan fingerprint density at radius 2 is 2.14 bits per heavy atom. The molecule has 2 heteroatoms. The number of likely N-dealkylation sites (N-methyl/N-ethyl adjacent to an activating group) is 1.